The van der Waals surface area contributed by atoms with E-state index in [1.54, 1.807) is 6.20 Å². The number of hydrogen-bond acceptors (Lipinski definition) is 3. The van der Waals surface area contributed by atoms with Crippen LogP contribution in [0.1, 0.15) is 13.8 Å². The van der Waals surface area contributed by atoms with Crippen LogP contribution in [-0.2, 0) is 0 Å². The summed E-state index contributed by atoms with van der Waals surface area (Å²) in [4.78, 5) is 4.18. The molecular formula is C10H15BrN2O. The molecule has 1 aromatic heterocycles. The zero-order valence-electron chi connectivity index (χ0n) is 8.37. The first-order valence-electron chi connectivity index (χ1n) is 4.63. The predicted molar refractivity (Wildman–Crippen MR) is 61.3 cm³/mol. The highest BCUT2D eigenvalue weighted by molar-refractivity contribution is 9.10. The van der Waals surface area contributed by atoms with E-state index >= 15 is 0 Å². The van der Waals surface area contributed by atoms with Crippen LogP contribution in [0.15, 0.2) is 22.8 Å². The van der Waals surface area contributed by atoms with Crippen LogP contribution in [0.5, 0.6) is 0 Å². The number of aromatic nitrogens is 1. The first kappa shape index (κ1) is 11.5. The molecule has 2 N–H and O–H groups in total. The van der Waals surface area contributed by atoms with E-state index in [0.717, 1.165) is 10.3 Å². The van der Waals surface area contributed by atoms with Gasteiger partial charge in [-0.3, -0.25) is 0 Å². The van der Waals surface area contributed by atoms with Crippen LogP contribution >= 0.6 is 15.9 Å². The van der Waals surface area contributed by atoms with Crippen molar-refractivity contribution in [3.05, 3.63) is 22.8 Å². The van der Waals surface area contributed by atoms with Crippen LogP contribution in [-0.4, -0.2) is 22.7 Å². The lowest BCUT2D eigenvalue weighted by molar-refractivity contribution is 0.249. The Hall–Kier alpha value is -0.610. The summed E-state index contributed by atoms with van der Waals surface area (Å²) in [5.74, 6) is 1.15. The highest BCUT2D eigenvalue weighted by Gasteiger charge is 2.13. The molecule has 0 fully saturated rings. The molecule has 0 aliphatic carbocycles. The molecule has 0 aliphatic rings. The molecule has 1 aromatic rings. The molecule has 0 spiro atoms. The van der Waals surface area contributed by atoms with E-state index in [1.165, 1.54) is 0 Å². The summed E-state index contributed by atoms with van der Waals surface area (Å²) in [7, 11) is 0. The Morgan fingerprint density at radius 1 is 1.57 bits per heavy atom. The molecule has 1 rings (SSSR count). The summed E-state index contributed by atoms with van der Waals surface area (Å²) in [5, 5.41) is 12.3. The molecule has 1 atom stereocenters. The minimum atomic E-state index is 0.0428. The second-order valence-electron chi connectivity index (χ2n) is 3.51. The third kappa shape index (κ3) is 2.96. The van der Waals surface area contributed by atoms with Gasteiger partial charge >= 0.3 is 0 Å². The van der Waals surface area contributed by atoms with Gasteiger partial charge in [0.25, 0.3) is 0 Å². The Morgan fingerprint density at radius 3 is 2.79 bits per heavy atom. The van der Waals surface area contributed by atoms with Crippen LogP contribution < -0.4 is 5.32 Å². The van der Waals surface area contributed by atoms with Crippen LogP contribution in [0.2, 0.25) is 0 Å². The highest BCUT2D eigenvalue weighted by Crippen LogP contribution is 2.20. The molecule has 0 aromatic carbocycles. The summed E-state index contributed by atoms with van der Waals surface area (Å²) in [5.41, 5.74) is 0. The van der Waals surface area contributed by atoms with Crippen molar-refractivity contribution in [1.82, 2.24) is 4.98 Å². The first-order valence-corrected chi connectivity index (χ1v) is 5.42. The van der Waals surface area contributed by atoms with Crippen molar-refractivity contribution in [2.24, 2.45) is 5.92 Å². The maximum Gasteiger partial charge on any atom is 0.140 e. The van der Waals surface area contributed by atoms with Gasteiger partial charge < -0.3 is 10.4 Å². The van der Waals surface area contributed by atoms with Crippen molar-refractivity contribution >= 4 is 21.7 Å². The van der Waals surface area contributed by atoms with E-state index in [1.807, 2.05) is 12.1 Å². The van der Waals surface area contributed by atoms with Crippen LogP contribution in [0.3, 0.4) is 0 Å². The second kappa shape index (κ2) is 5.32. The van der Waals surface area contributed by atoms with Gasteiger partial charge in [-0.2, -0.15) is 0 Å². The zero-order valence-corrected chi connectivity index (χ0v) is 9.95. The second-order valence-corrected chi connectivity index (χ2v) is 4.37. The normalized spacial score (nSPS) is 12.9. The van der Waals surface area contributed by atoms with Gasteiger partial charge in [-0.05, 0) is 34.0 Å². The SMILES string of the molecule is CC(C)[C@@H](CO)Nc1ncccc1Br. The van der Waals surface area contributed by atoms with E-state index in [2.05, 4.69) is 40.1 Å². The predicted octanol–water partition coefficient (Wildman–Crippen LogP) is 2.27. The fourth-order valence-electron chi connectivity index (χ4n) is 1.09. The number of aliphatic hydroxyl groups excluding tert-OH is 1. The van der Waals surface area contributed by atoms with E-state index in [4.69, 9.17) is 5.11 Å². The van der Waals surface area contributed by atoms with Gasteiger partial charge in [0.1, 0.15) is 5.82 Å². The minimum Gasteiger partial charge on any atom is -0.394 e. The number of rotatable bonds is 4. The minimum absolute atomic E-state index is 0.0428. The van der Waals surface area contributed by atoms with Gasteiger partial charge in [-0.1, -0.05) is 13.8 Å². The van der Waals surface area contributed by atoms with E-state index in [9.17, 15) is 0 Å². The average molecular weight is 259 g/mol. The molecule has 0 saturated carbocycles. The molecule has 0 radical (unpaired) electrons. The van der Waals surface area contributed by atoms with Crippen LogP contribution in [0.25, 0.3) is 0 Å². The molecule has 0 unspecified atom stereocenters. The Bertz CT molecular complexity index is 291. The molecule has 0 bridgehead atoms. The standard InChI is InChI=1S/C10H15BrN2O/c1-7(2)9(6-14)13-10-8(11)4-3-5-12-10/h3-5,7,9,14H,6H2,1-2H3,(H,12,13)/t9-/m1/s1. The van der Waals surface area contributed by atoms with Gasteiger partial charge in [0.2, 0.25) is 0 Å². The van der Waals surface area contributed by atoms with Crippen molar-refractivity contribution in [3.8, 4) is 0 Å². The van der Waals surface area contributed by atoms with Crippen molar-refractivity contribution < 1.29 is 5.11 Å². The number of hydrogen-bond donors (Lipinski definition) is 2. The van der Waals surface area contributed by atoms with Gasteiger partial charge in [0.05, 0.1) is 17.1 Å². The molecule has 0 aliphatic heterocycles. The third-order valence-electron chi connectivity index (χ3n) is 2.08. The van der Waals surface area contributed by atoms with Crippen molar-refractivity contribution in [3.63, 3.8) is 0 Å². The Balaban J connectivity index is 2.72. The summed E-state index contributed by atoms with van der Waals surface area (Å²) >= 11 is 3.40. The lowest BCUT2D eigenvalue weighted by Gasteiger charge is -2.20. The fourth-order valence-corrected chi connectivity index (χ4v) is 1.46. The summed E-state index contributed by atoms with van der Waals surface area (Å²) in [6.07, 6.45) is 1.72. The average Bonchev–Trinajstić information content (AvgIpc) is 2.16. The number of anilines is 1. The van der Waals surface area contributed by atoms with Gasteiger partial charge in [0.15, 0.2) is 0 Å². The summed E-state index contributed by atoms with van der Waals surface area (Å²) in [6.45, 7) is 4.23. The third-order valence-corrected chi connectivity index (χ3v) is 2.72. The van der Waals surface area contributed by atoms with Crippen LogP contribution in [0.4, 0.5) is 5.82 Å². The number of pyridine rings is 1. The van der Waals surface area contributed by atoms with Gasteiger partial charge in [-0.15, -0.1) is 0 Å². The van der Waals surface area contributed by atoms with Gasteiger partial charge in [-0.25, -0.2) is 4.98 Å². The first-order chi connectivity index (χ1) is 6.65. The maximum absolute atomic E-state index is 9.14. The number of nitrogens with zero attached hydrogens (tertiary/aromatic N) is 1. The number of halogens is 1. The lowest BCUT2D eigenvalue weighted by atomic mass is 10.1. The molecule has 14 heavy (non-hydrogen) atoms. The molecule has 0 amide bonds. The largest absolute Gasteiger partial charge is 0.394 e. The fraction of sp³-hybridized carbons (Fsp3) is 0.500. The molecule has 78 valence electrons. The van der Waals surface area contributed by atoms with Crippen molar-refractivity contribution in [2.45, 2.75) is 19.9 Å². The van der Waals surface area contributed by atoms with E-state index in [0.29, 0.717) is 5.92 Å². The topological polar surface area (TPSA) is 45.1 Å². The monoisotopic (exact) mass is 258 g/mol. The quantitative estimate of drug-likeness (QED) is 0.871. The molecule has 1 heterocycles. The molecule has 3 nitrogen and oxygen atoms in total. The number of aliphatic hydroxyl groups is 1. The summed E-state index contributed by atoms with van der Waals surface area (Å²) < 4.78 is 0.916. The van der Waals surface area contributed by atoms with Crippen molar-refractivity contribution in [1.29, 1.82) is 0 Å². The van der Waals surface area contributed by atoms with Crippen molar-refractivity contribution in [2.75, 3.05) is 11.9 Å². The van der Waals surface area contributed by atoms with E-state index < -0.39 is 0 Å². The Labute approximate surface area is 92.7 Å². The Kier molecular flexibility index (Phi) is 4.35. The molecular weight excluding hydrogens is 244 g/mol. The lowest BCUT2D eigenvalue weighted by Crippen LogP contribution is -2.29. The molecule has 4 heteroatoms. The molecule has 0 saturated heterocycles. The smallest absolute Gasteiger partial charge is 0.140 e. The van der Waals surface area contributed by atoms with E-state index in [-0.39, 0.29) is 12.6 Å². The van der Waals surface area contributed by atoms with Crippen LogP contribution in [0, 0.1) is 5.92 Å². The number of nitrogens with one attached hydrogen (secondary N) is 1. The zero-order chi connectivity index (χ0) is 10.6. The maximum atomic E-state index is 9.14. The Morgan fingerprint density at radius 2 is 2.29 bits per heavy atom. The summed E-state index contributed by atoms with van der Waals surface area (Å²) in [6, 6.07) is 3.82. The van der Waals surface area contributed by atoms with Gasteiger partial charge in [0, 0.05) is 6.20 Å². The highest BCUT2D eigenvalue weighted by atomic mass is 79.9.